The van der Waals surface area contributed by atoms with Crippen LogP contribution in [0.25, 0.3) is 0 Å². The maximum absolute atomic E-state index is 11.8. The van der Waals surface area contributed by atoms with Crippen LogP contribution in [0.2, 0.25) is 10.3 Å². The highest BCUT2D eigenvalue weighted by Gasteiger charge is 2.20. The first-order valence-corrected chi connectivity index (χ1v) is 6.52. The van der Waals surface area contributed by atoms with E-state index < -0.39 is 0 Å². The second-order valence-corrected chi connectivity index (χ2v) is 5.12. The topological polar surface area (TPSA) is 42.0 Å². The van der Waals surface area contributed by atoms with Crippen molar-refractivity contribution in [3.8, 4) is 0 Å². The van der Waals surface area contributed by atoms with Gasteiger partial charge in [-0.3, -0.25) is 4.79 Å². The molecule has 1 N–H and O–H groups in total. The van der Waals surface area contributed by atoms with Crippen molar-refractivity contribution in [1.82, 2.24) is 10.3 Å². The van der Waals surface area contributed by atoms with Crippen LogP contribution in [0.1, 0.15) is 36.0 Å². The second-order valence-electron chi connectivity index (χ2n) is 4.34. The van der Waals surface area contributed by atoms with Crippen molar-refractivity contribution in [2.75, 3.05) is 6.54 Å². The van der Waals surface area contributed by atoms with Crippen LogP contribution in [-0.2, 0) is 0 Å². The van der Waals surface area contributed by atoms with Gasteiger partial charge in [0.1, 0.15) is 10.3 Å². The molecule has 0 aromatic carbocycles. The Balaban J connectivity index is 1.80. The van der Waals surface area contributed by atoms with E-state index in [0.29, 0.717) is 12.1 Å². The highest BCUT2D eigenvalue weighted by Crippen LogP contribution is 2.33. The van der Waals surface area contributed by atoms with Gasteiger partial charge in [-0.05, 0) is 30.9 Å². The highest BCUT2D eigenvalue weighted by molar-refractivity contribution is 6.33. The van der Waals surface area contributed by atoms with Crippen LogP contribution in [0.5, 0.6) is 0 Å². The molecule has 1 fully saturated rings. The molecule has 1 aromatic rings. The molecule has 1 aromatic heterocycles. The fourth-order valence-electron chi connectivity index (χ4n) is 1.70. The van der Waals surface area contributed by atoms with Gasteiger partial charge in [0, 0.05) is 12.1 Å². The molecule has 0 radical (unpaired) electrons. The van der Waals surface area contributed by atoms with Gasteiger partial charge in [-0.25, -0.2) is 4.98 Å². The summed E-state index contributed by atoms with van der Waals surface area (Å²) in [6, 6.07) is 3.04. The van der Waals surface area contributed by atoms with Crippen molar-refractivity contribution in [2.24, 2.45) is 5.92 Å². The number of nitrogens with zero attached hydrogens (tertiary/aromatic N) is 1. The summed E-state index contributed by atoms with van der Waals surface area (Å²) in [5.74, 6) is 0.753. The van der Waals surface area contributed by atoms with Gasteiger partial charge in [-0.2, -0.15) is 0 Å². The van der Waals surface area contributed by atoms with E-state index in [9.17, 15) is 4.79 Å². The largest absolute Gasteiger partial charge is 0.352 e. The molecule has 3 nitrogen and oxygen atoms in total. The van der Waals surface area contributed by atoms with E-state index in [0.717, 1.165) is 12.3 Å². The molecule has 1 heterocycles. The molecule has 5 heteroatoms. The van der Waals surface area contributed by atoms with E-state index in [4.69, 9.17) is 23.2 Å². The lowest BCUT2D eigenvalue weighted by Crippen LogP contribution is -2.24. The molecule has 17 heavy (non-hydrogen) atoms. The monoisotopic (exact) mass is 272 g/mol. The maximum atomic E-state index is 11.8. The highest BCUT2D eigenvalue weighted by atomic mass is 35.5. The molecule has 0 spiro atoms. The average molecular weight is 273 g/mol. The van der Waals surface area contributed by atoms with Crippen LogP contribution in [0, 0.1) is 5.92 Å². The van der Waals surface area contributed by atoms with Crippen LogP contribution in [0.15, 0.2) is 12.1 Å². The number of halogens is 2. The first-order valence-electron chi connectivity index (χ1n) is 5.76. The summed E-state index contributed by atoms with van der Waals surface area (Å²) in [5, 5.41) is 3.33. The molecule has 1 aliphatic carbocycles. The van der Waals surface area contributed by atoms with Crippen molar-refractivity contribution < 1.29 is 4.79 Å². The summed E-state index contributed by atoms with van der Waals surface area (Å²) in [5.41, 5.74) is 0.460. The number of hydrogen-bond donors (Lipinski definition) is 1. The van der Waals surface area contributed by atoms with Crippen LogP contribution in [-0.4, -0.2) is 17.4 Å². The predicted molar refractivity (Wildman–Crippen MR) is 68.5 cm³/mol. The molecule has 0 saturated heterocycles. The summed E-state index contributed by atoms with van der Waals surface area (Å²) < 4.78 is 0. The van der Waals surface area contributed by atoms with Crippen molar-refractivity contribution in [3.05, 3.63) is 28.0 Å². The number of hydrogen-bond acceptors (Lipinski definition) is 2. The van der Waals surface area contributed by atoms with Crippen LogP contribution in [0.3, 0.4) is 0 Å². The minimum atomic E-state index is -0.146. The van der Waals surface area contributed by atoms with E-state index in [1.165, 1.54) is 31.4 Å². The van der Waals surface area contributed by atoms with Gasteiger partial charge in [0.15, 0.2) is 0 Å². The Labute approximate surface area is 111 Å². The van der Waals surface area contributed by atoms with Crippen molar-refractivity contribution in [1.29, 1.82) is 0 Å². The Kier molecular flexibility index (Phi) is 4.24. The lowest BCUT2D eigenvalue weighted by atomic mass is 10.2. The maximum Gasteiger partial charge on any atom is 0.251 e. The third kappa shape index (κ3) is 4.17. The Morgan fingerprint density at radius 3 is 2.59 bits per heavy atom. The molecule has 0 atom stereocenters. The number of aromatic nitrogens is 1. The molecule has 0 unspecified atom stereocenters. The molecule has 0 aliphatic heterocycles. The number of carbonyl (C=O) groups excluding carboxylic acids is 1. The van der Waals surface area contributed by atoms with Crippen LogP contribution in [0.4, 0.5) is 0 Å². The summed E-state index contributed by atoms with van der Waals surface area (Å²) in [7, 11) is 0. The first kappa shape index (κ1) is 12.7. The zero-order chi connectivity index (χ0) is 12.3. The summed E-state index contributed by atoms with van der Waals surface area (Å²) >= 11 is 11.5. The predicted octanol–water partition coefficient (Wildman–Crippen LogP) is 3.31. The molecule has 2 rings (SSSR count). The SMILES string of the molecule is O=C(NCCCC1CC1)c1cc(Cl)nc(Cl)c1. The lowest BCUT2D eigenvalue weighted by Gasteiger charge is -2.05. The van der Waals surface area contributed by atoms with Gasteiger partial charge in [-0.15, -0.1) is 0 Å². The Morgan fingerprint density at radius 1 is 1.35 bits per heavy atom. The van der Waals surface area contributed by atoms with E-state index >= 15 is 0 Å². The zero-order valence-electron chi connectivity index (χ0n) is 9.38. The average Bonchev–Trinajstić information content (AvgIpc) is 3.06. The third-order valence-corrected chi connectivity index (χ3v) is 3.18. The normalized spacial score (nSPS) is 14.7. The van der Waals surface area contributed by atoms with Gasteiger partial charge in [0.2, 0.25) is 0 Å². The quantitative estimate of drug-likeness (QED) is 0.660. The number of carbonyl (C=O) groups is 1. The third-order valence-electron chi connectivity index (χ3n) is 2.80. The number of pyridine rings is 1. The molecule has 0 bridgehead atoms. The van der Waals surface area contributed by atoms with Crippen molar-refractivity contribution in [2.45, 2.75) is 25.7 Å². The molecular weight excluding hydrogens is 259 g/mol. The Bertz CT molecular complexity index is 399. The Hall–Kier alpha value is -0.800. The lowest BCUT2D eigenvalue weighted by molar-refractivity contribution is 0.0952. The van der Waals surface area contributed by atoms with E-state index in [2.05, 4.69) is 10.3 Å². The number of amides is 1. The first-order chi connectivity index (χ1) is 8.15. The standard InChI is InChI=1S/C12H14Cl2N2O/c13-10-6-9(7-11(14)16-10)12(17)15-5-1-2-8-3-4-8/h6-8H,1-5H2,(H,15,17). The summed E-state index contributed by atoms with van der Waals surface area (Å²) in [4.78, 5) is 15.5. The minimum absolute atomic E-state index is 0.146. The molecule has 1 saturated carbocycles. The molecule has 1 aliphatic rings. The Morgan fingerprint density at radius 2 is 2.00 bits per heavy atom. The summed E-state index contributed by atoms with van der Waals surface area (Å²) in [6.07, 6.45) is 4.94. The molecule has 1 amide bonds. The van der Waals surface area contributed by atoms with Crippen LogP contribution >= 0.6 is 23.2 Å². The van der Waals surface area contributed by atoms with E-state index in [1.807, 2.05) is 0 Å². The zero-order valence-corrected chi connectivity index (χ0v) is 10.9. The van der Waals surface area contributed by atoms with Gasteiger partial charge in [0.25, 0.3) is 5.91 Å². The van der Waals surface area contributed by atoms with Gasteiger partial charge in [0.05, 0.1) is 0 Å². The minimum Gasteiger partial charge on any atom is -0.352 e. The van der Waals surface area contributed by atoms with Crippen molar-refractivity contribution in [3.63, 3.8) is 0 Å². The fourth-order valence-corrected chi connectivity index (χ4v) is 2.16. The van der Waals surface area contributed by atoms with Gasteiger partial charge < -0.3 is 5.32 Å². The molecular formula is C12H14Cl2N2O. The second kappa shape index (κ2) is 5.69. The number of rotatable bonds is 5. The van der Waals surface area contributed by atoms with E-state index in [1.54, 1.807) is 0 Å². The molecule has 92 valence electrons. The van der Waals surface area contributed by atoms with E-state index in [-0.39, 0.29) is 16.2 Å². The van der Waals surface area contributed by atoms with Gasteiger partial charge >= 0.3 is 0 Å². The summed E-state index contributed by atoms with van der Waals surface area (Å²) in [6.45, 7) is 0.701. The van der Waals surface area contributed by atoms with Crippen LogP contribution < -0.4 is 5.32 Å². The van der Waals surface area contributed by atoms with Gasteiger partial charge in [-0.1, -0.05) is 36.0 Å². The fraction of sp³-hybridized carbons (Fsp3) is 0.500. The van der Waals surface area contributed by atoms with Crippen molar-refractivity contribution >= 4 is 29.1 Å². The smallest absolute Gasteiger partial charge is 0.251 e. The number of nitrogens with one attached hydrogen (secondary N) is 1.